The van der Waals surface area contributed by atoms with Gasteiger partial charge in [-0.3, -0.25) is 0 Å². The highest BCUT2D eigenvalue weighted by Gasteiger charge is 2.27. The van der Waals surface area contributed by atoms with Crippen molar-refractivity contribution in [2.24, 2.45) is 0 Å². The number of ether oxygens (including phenoxy) is 1. The average Bonchev–Trinajstić information content (AvgIpc) is 3.10. The summed E-state index contributed by atoms with van der Waals surface area (Å²) in [6.07, 6.45) is -0.966. The predicted molar refractivity (Wildman–Crippen MR) is 93.3 cm³/mol. The fraction of sp³-hybridized carbons (Fsp3) is 0.100. The highest BCUT2D eigenvalue weighted by Crippen LogP contribution is 2.30. The first-order valence-corrected chi connectivity index (χ1v) is 7.72. The molecule has 1 heterocycles. The molecule has 5 nitrogen and oxygen atoms in total. The molecule has 0 aliphatic heterocycles. The van der Waals surface area contributed by atoms with Crippen LogP contribution in [-0.4, -0.2) is 16.2 Å². The number of aromatic nitrogens is 1. The normalized spacial score (nSPS) is 11.7. The largest absolute Gasteiger partial charge is 0.478 e. The number of benzene rings is 2. The zero-order chi connectivity index (χ0) is 17.8. The van der Waals surface area contributed by atoms with E-state index in [1.165, 1.54) is 0 Å². The molecule has 0 saturated carbocycles. The summed E-state index contributed by atoms with van der Waals surface area (Å²) in [4.78, 5) is 11.4. The monoisotopic (exact) mass is 335 g/mol. The van der Waals surface area contributed by atoms with Crippen LogP contribution in [0.5, 0.6) is 5.75 Å². The summed E-state index contributed by atoms with van der Waals surface area (Å²) < 4.78 is 11.1. The number of aryl methyl sites for hydroxylation is 1. The van der Waals surface area contributed by atoms with Crippen LogP contribution < -0.4 is 4.74 Å². The minimum atomic E-state index is -1.16. The first-order valence-electron chi connectivity index (χ1n) is 7.72. The van der Waals surface area contributed by atoms with Gasteiger partial charge in [0.2, 0.25) is 0 Å². The molecule has 0 amide bonds. The van der Waals surface area contributed by atoms with Crippen LogP contribution in [0.15, 0.2) is 77.3 Å². The van der Waals surface area contributed by atoms with E-state index < -0.39 is 12.1 Å². The van der Waals surface area contributed by atoms with Gasteiger partial charge < -0.3 is 14.4 Å². The molecule has 1 N–H and O–H groups in total. The van der Waals surface area contributed by atoms with E-state index in [0.717, 1.165) is 11.1 Å². The van der Waals surface area contributed by atoms with Gasteiger partial charge in [-0.25, -0.2) is 4.79 Å². The Morgan fingerprint density at radius 2 is 1.84 bits per heavy atom. The SMILES string of the molecule is C=C(C(=O)O)C(Oc1ccccc1)c1cc(-c2ccc(C)cc2)no1. The molecule has 25 heavy (non-hydrogen) atoms. The summed E-state index contributed by atoms with van der Waals surface area (Å²) in [5, 5.41) is 13.3. The van der Waals surface area contributed by atoms with Crippen molar-refractivity contribution >= 4 is 5.97 Å². The van der Waals surface area contributed by atoms with Gasteiger partial charge in [0.05, 0.1) is 5.57 Å². The molecule has 1 unspecified atom stereocenters. The van der Waals surface area contributed by atoms with Gasteiger partial charge in [0, 0.05) is 11.6 Å². The Morgan fingerprint density at radius 3 is 2.48 bits per heavy atom. The molecule has 1 atom stereocenters. The van der Waals surface area contributed by atoms with Crippen molar-refractivity contribution in [1.29, 1.82) is 0 Å². The molecular formula is C20H17NO4. The summed E-state index contributed by atoms with van der Waals surface area (Å²) >= 11 is 0. The second-order valence-corrected chi connectivity index (χ2v) is 5.62. The van der Waals surface area contributed by atoms with Crippen LogP contribution in [0.4, 0.5) is 0 Å². The number of carboxylic acid groups (broad SMARTS) is 1. The summed E-state index contributed by atoms with van der Waals surface area (Å²) in [5.41, 5.74) is 2.49. The van der Waals surface area contributed by atoms with Crippen molar-refractivity contribution in [2.75, 3.05) is 0 Å². The molecule has 0 aliphatic carbocycles. The maximum absolute atomic E-state index is 11.4. The van der Waals surface area contributed by atoms with Crippen molar-refractivity contribution in [1.82, 2.24) is 5.16 Å². The van der Waals surface area contributed by atoms with E-state index in [-0.39, 0.29) is 11.3 Å². The van der Waals surface area contributed by atoms with Gasteiger partial charge in [-0.15, -0.1) is 0 Å². The third kappa shape index (κ3) is 3.77. The molecule has 3 rings (SSSR count). The molecule has 1 aromatic heterocycles. The molecule has 0 saturated heterocycles. The molecule has 0 bridgehead atoms. The van der Waals surface area contributed by atoms with Crippen LogP contribution >= 0.6 is 0 Å². The van der Waals surface area contributed by atoms with Gasteiger partial charge in [0.25, 0.3) is 0 Å². The average molecular weight is 335 g/mol. The van der Waals surface area contributed by atoms with E-state index in [4.69, 9.17) is 9.26 Å². The number of rotatable bonds is 6. The Balaban J connectivity index is 1.92. The highest BCUT2D eigenvalue weighted by atomic mass is 16.5. The standard InChI is InChI=1S/C20H17NO4/c1-13-8-10-15(11-9-13)17-12-18(25-21-17)19(14(2)20(22)23)24-16-6-4-3-5-7-16/h3-12,19H,2H2,1H3,(H,22,23). The van der Waals surface area contributed by atoms with Gasteiger partial charge in [0.1, 0.15) is 11.4 Å². The third-order valence-corrected chi connectivity index (χ3v) is 3.72. The maximum Gasteiger partial charge on any atom is 0.335 e. The molecular weight excluding hydrogens is 318 g/mol. The molecule has 2 aromatic carbocycles. The smallest absolute Gasteiger partial charge is 0.335 e. The van der Waals surface area contributed by atoms with E-state index in [0.29, 0.717) is 11.4 Å². The Bertz CT molecular complexity index is 882. The van der Waals surface area contributed by atoms with Crippen molar-refractivity contribution in [2.45, 2.75) is 13.0 Å². The third-order valence-electron chi connectivity index (χ3n) is 3.72. The van der Waals surface area contributed by atoms with Gasteiger partial charge in [-0.2, -0.15) is 0 Å². The van der Waals surface area contributed by atoms with Crippen LogP contribution in [0.25, 0.3) is 11.3 Å². The van der Waals surface area contributed by atoms with Crippen molar-refractivity contribution in [3.63, 3.8) is 0 Å². The molecule has 0 aliphatic rings. The first-order chi connectivity index (χ1) is 12.0. The van der Waals surface area contributed by atoms with Crippen LogP contribution in [0, 0.1) is 6.92 Å². The van der Waals surface area contributed by atoms with E-state index in [2.05, 4.69) is 11.7 Å². The highest BCUT2D eigenvalue weighted by molar-refractivity contribution is 5.87. The minimum Gasteiger partial charge on any atom is -0.478 e. The quantitative estimate of drug-likeness (QED) is 0.676. The van der Waals surface area contributed by atoms with E-state index in [9.17, 15) is 9.90 Å². The molecule has 126 valence electrons. The number of carboxylic acids is 1. The van der Waals surface area contributed by atoms with E-state index in [1.807, 2.05) is 37.3 Å². The zero-order valence-corrected chi connectivity index (χ0v) is 13.7. The van der Waals surface area contributed by atoms with Crippen molar-refractivity contribution in [3.05, 3.63) is 84.1 Å². The number of aliphatic carboxylic acids is 1. The lowest BCUT2D eigenvalue weighted by molar-refractivity contribution is -0.133. The number of carbonyl (C=O) groups is 1. The summed E-state index contributed by atoms with van der Waals surface area (Å²) in [6.45, 7) is 5.61. The van der Waals surface area contributed by atoms with Gasteiger partial charge in [0.15, 0.2) is 11.9 Å². The number of nitrogens with zero attached hydrogens (tertiary/aromatic N) is 1. The van der Waals surface area contributed by atoms with Gasteiger partial charge in [-0.1, -0.05) is 59.8 Å². The minimum absolute atomic E-state index is 0.129. The van der Waals surface area contributed by atoms with Crippen LogP contribution in [0.2, 0.25) is 0 Å². The number of para-hydroxylation sites is 1. The Labute approximate surface area is 145 Å². The Kier molecular flexibility index (Phi) is 4.66. The van der Waals surface area contributed by atoms with Crippen molar-refractivity contribution < 1.29 is 19.2 Å². The summed E-state index contributed by atoms with van der Waals surface area (Å²) in [7, 11) is 0. The molecule has 0 fully saturated rings. The second kappa shape index (κ2) is 7.05. The fourth-order valence-corrected chi connectivity index (χ4v) is 2.32. The molecule has 0 radical (unpaired) electrons. The lowest BCUT2D eigenvalue weighted by Crippen LogP contribution is -2.15. The molecule has 0 spiro atoms. The van der Waals surface area contributed by atoms with Crippen LogP contribution in [-0.2, 0) is 4.79 Å². The van der Waals surface area contributed by atoms with Crippen LogP contribution in [0.3, 0.4) is 0 Å². The van der Waals surface area contributed by atoms with Crippen molar-refractivity contribution in [3.8, 4) is 17.0 Å². The van der Waals surface area contributed by atoms with Gasteiger partial charge >= 0.3 is 5.97 Å². The Hall–Kier alpha value is -3.34. The second-order valence-electron chi connectivity index (χ2n) is 5.62. The van der Waals surface area contributed by atoms with E-state index >= 15 is 0 Å². The predicted octanol–water partition coefficient (Wildman–Crippen LogP) is 4.41. The summed E-state index contributed by atoms with van der Waals surface area (Å²) in [6, 6.07) is 18.4. The lowest BCUT2D eigenvalue weighted by Gasteiger charge is -2.16. The maximum atomic E-state index is 11.4. The lowest BCUT2D eigenvalue weighted by atomic mass is 10.1. The van der Waals surface area contributed by atoms with E-state index in [1.54, 1.807) is 30.3 Å². The molecule has 3 aromatic rings. The topological polar surface area (TPSA) is 72.6 Å². The zero-order valence-electron chi connectivity index (χ0n) is 13.7. The fourth-order valence-electron chi connectivity index (χ4n) is 2.32. The Morgan fingerprint density at radius 1 is 1.16 bits per heavy atom. The van der Waals surface area contributed by atoms with Gasteiger partial charge in [-0.05, 0) is 19.1 Å². The first kappa shape index (κ1) is 16.5. The molecule has 5 heteroatoms. The van der Waals surface area contributed by atoms with Crippen LogP contribution in [0.1, 0.15) is 17.4 Å². The number of hydrogen-bond donors (Lipinski definition) is 1. The summed E-state index contributed by atoms with van der Waals surface area (Å²) in [5.74, 6) is -0.357. The number of hydrogen-bond acceptors (Lipinski definition) is 4.